The largest absolute Gasteiger partial charge is 0.396 e. The number of benzene rings is 1. The lowest BCUT2D eigenvalue weighted by Gasteiger charge is -2.11. The molecule has 3 aromatic rings. The maximum Gasteiger partial charge on any atom is 0.222 e. The first kappa shape index (κ1) is 13.0. The summed E-state index contributed by atoms with van der Waals surface area (Å²) in [5.74, 6) is 0.150. The van der Waals surface area contributed by atoms with Gasteiger partial charge in [-0.2, -0.15) is 4.98 Å². The minimum Gasteiger partial charge on any atom is -0.396 e. The van der Waals surface area contributed by atoms with Gasteiger partial charge in [-0.05, 0) is 12.1 Å². The number of nitrogens with one attached hydrogen (secondary N) is 1. The summed E-state index contributed by atoms with van der Waals surface area (Å²) in [6, 6.07) is 6.60. The molecule has 0 aliphatic carbocycles. The Bertz CT molecular complexity index is 833. The molecular formula is C14H13FN6. The first-order chi connectivity index (χ1) is 10.1. The molecule has 0 unspecified atom stereocenters. The molecule has 21 heavy (non-hydrogen) atoms. The topological polar surface area (TPSA) is 103 Å². The summed E-state index contributed by atoms with van der Waals surface area (Å²) in [4.78, 5) is 12.3. The van der Waals surface area contributed by atoms with E-state index in [1.807, 2.05) is 0 Å². The normalized spacial score (nSPS) is 10.8. The smallest absolute Gasteiger partial charge is 0.222 e. The van der Waals surface area contributed by atoms with Crippen molar-refractivity contribution in [3.8, 4) is 11.1 Å². The van der Waals surface area contributed by atoms with Gasteiger partial charge in [0.2, 0.25) is 5.95 Å². The highest BCUT2D eigenvalue weighted by Gasteiger charge is 2.14. The van der Waals surface area contributed by atoms with Crippen molar-refractivity contribution in [1.82, 2.24) is 15.0 Å². The van der Waals surface area contributed by atoms with Crippen molar-refractivity contribution in [2.24, 2.45) is 0 Å². The lowest BCUT2D eigenvalue weighted by Crippen LogP contribution is -2.02. The van der Waals surface area contributed by atoms with Crippen molar-refractivity contribution in [1.29, 1.82) is 0 Å². The van der Waals surface area contributed by atoms with Crippen LogP contribution in [0.4, 0.5) is 21.8 Å². The van der Waals surface area contributed by atoms with Gasteiger partial charge in [0.25, 0.3) is 0 Å². The van der Waals surface area contributed by atoms with Crippen molar-refractivity contribution < 1.29 is 4.39 Å². The van der Waals surface area contributed by atoms with Gasteiger partial charge >= 0.3 is 0 Å². The van der Waals surface area contributed by atoms with Gasteiger partial charge in [-0.15, -0.1) is 0 Å². The van der Waals surface area contributed by atoms with Gasteiger partial charge in [0.05, 0.1) is 5.69 Å². The number of pyridine rings is 1. The van der Waals surface area contributed by atoms with Gasteiger partial charge in [0.15, 0.2) is 11.5 Å². The second-order valence-electron chi connectivity index (χ2n) is 4.48. The Hall–Kier alpha value is -2.96. The van der Waals surface area contributed by atoms with Gasteiger partial charge in [-0.25, -0.2) is 14.4 Å². The Labute approximate surface area is 120 Å². The number of nitrogen functional groups attached to an aromatic ring is 2. The number of hydrogen-bond acceptors (Lipinski definition) is 6. The fraction of sp³-hybridized carbons (Fsp3) is 0.0714. The number of rotatable bonds is 2. The molecule has 0 aliphatic rings. The first-order valence-corrected chi connectivity index (χ1v) is 6.25. The molecule has 7 heteroatoms. The van der Waals surface area contributed by atoms with E-state index in [0.29, 0.717) is 28.0 Å². The molecule has 0 bridgehead atoms. The van der Waals surface area contributed by atoms with Crippen LogP contribution in [-0.4, -0.2) is 22.0 Å². The zero-order valence-electron chi connectivity index (χ0n) is 11.3. The fourth-order valence-corrected chi connectivity index (χ4v) is 2.13. The van der Waals surface area contributed by atoms with Gasteiger partial charge in [-0.3, -0.25) is 0 Å². The second-order valence-corrected chi connectivity index (χ2v) is 4.48. The van der Waals surface area contributed by atoms with Crippen molar-refractivity contribution in [3.05, 3.63) is 36.3 Å². The minimum atomic E-state index is -0.480. The number of halogens is 1. The number of aromatic nitrogens is 3. The highest BCUT2D eigenvalue weighted by atomic mass is 19.1. The third-order valence-electron chi connectivity index (χ3n) is 3.14. The van der Waals surface area contributed by atoms with Crippen molar-refractivity contribution in [2.75, 3.05) is 23.8 Å². The first-order valence-electron chi connectivity index (χ1n) is 6.25. The molecule has 0 saturated heterocycles. The zero-order chi connectivity index (χ0) is 15.0. The van der Waals surface area contributed by atoms with Crippen LogP contribution < -0.4 is 16.8 Å². The summed E-state index contributed by atoms with van der Waals surface area (Å²) in [6.45, 7) is 0. The molecular weight excluding hydrogens is 271 g/mol. The average molecular weight is 284 g/mol. The quantitative estimate of drug-likeness (QED) is 0.622. The van der Waals surface area contributed by atoms with Gasteiger partial charge in [0, 0.05) is 29.8 Å². The number of fused-ring (bicyclic) bond motifs is 1. The summed E-state index contributed by atoms with van der Waals surface area (Å²) >= 11 is 0. The Morgan fingerprint density at radius 3 is 2.71 bits per heavy atom. The maximum atomic E-state index is 14.2. The predicted molar refractivity (Wildman–Crippen MR) is 81.1 cm³/mol. The van der Waals surface area contributed by atoms with Crippen LogP contribution >= 0.6 is 0 Å². The second kappa shape index (κ2) is 4.86. The summed E-state index contributed by atoms with van der Waals surface area (Å²) in [7, 11) is 1.70. The van der Waals surface area contributed by atoms with Crippen LogP contribution in [0.15, 0.2) is 30.5 Å². The molecule has 0 spiro atoms. The molecule has 1 aromatic carbocycles. The van der Waals surface area contributed by atoms with E-state index in [9.17, 15) is 4.39 Å². The SMILES string of the molecule is CNc1nc2nc(N)ncc2cc1-c1cccc(N)c1F. The predicted octanol–water partition coefficient (Wildman–Crippen LogP) is 2.04. The Morgan fingerprint density at radius 1 is 1.14 bits per heavy atom. The molecule has 0 radical (unpaired) electrons. The molecule has 3 rings (SSSR count). The van der Waals surface area contributed by atoms with E-state index in [0.717, 1.165) is 0 Å². The van der Waals surface area contributed by atoms with Crippen LogP contribution in [0.1, 0.15) is 0 Å². The lowest BCUT2D eigenvalue weighted by molar-refractivity contribution is 0.636. The molecule has 2 aromatic heterocycles. The third kappa shape index (κ3) is 2.18. The fourth-order valence-electron chi connectivity index (χ4n) is 2.13. The van der Waals surface area contributed by atoms with Crippen LogP contribution in [0.5, 0.6) is 0 Å². The molecule has 0 fully saturated rings. The van der Waals surface area contributed by atoms with Gasteiger partial charge in [-0.1, -0.05) is 12.1 Å². The zero-order valence-corrected chi connectivity index (χ0v) is 11.3. The van der Waals surface area contributed by atoms with Gasteiger partial charge in [0.1, 0.15) is 5.82 Å². The van der Waals surface area contributed by atoms with E-state index < -0.39 is 5.82 Å². The van der Waals surface area contributed by atoms with Crippen molar-refractivity contribution in [2.45, 2.75) is 0 Å². The molecule has 0 amide bonds. The minimum absolute atomic E-state index is 0.0863. The number of hydrogen-bond donors (Lipinski definition) is 3. The highest BCUT2D eigenvalue weighted by Crippen LogP contribution is 2.32. The molecule has 6 nitrogen and oxygen atoms in total. The third-order valence-corrected chi connectivity index (χ3v) is 3.14. The van der Waals surface area contributed by atoms with Crippen LogP contribution in [0, 0.1) is 5.82 Å². The molecule has 0 saturated carbocycles. The van der Waals surface area contributed by atoms with E-state index in [-0.39, 0.29) is 11.6 Å². The van der Waals surface area contributed by atoms with Crippen molar-refractivity contribution >= 4 is 28.5 Å². The summed E-state index contributed by atoms with van der Waals surface area (Å²) in [5.41, 5.74) is 12.7. The molecule has 106 valence electrons. The van der Waals surface area contributed by atoms with E-state index in [2.05, 4.69) is 20.3 Å². The van der Waals surface area contributed by atoms with Crippen molar-refractivity contribution in [3.63, 3.8) is 0 Å². The number of nitrogens with two attached hydrogens (primary N) is 2. The maximum absolute atomic E-state index is 14.2. The Balaban J connectivity index is 2.31. The number of nitrogens with zero attached hydrogens (tertiary/aromatic N) is 3. The molecule has 5 N–H and O–H groups in total. The van der Waals surface area contributed by atoms with Crippen LogP contribution in [0.2, 0.25) is 0 Å². The monoisotopic (exact) mass is 284 g/mol. The Morgan fingerprint density at radius 2 is 1.95 bits per heavy atom. The van der Waals surface area contributed by atoms with E-state index in [4.69, 9.17) is 11.5 Å². The molecule has 0 atom stereocenters. The van der Waals surface area contributed by atoms with Gasteiger partial charge < -0.3 is 16.8 Å². The lowest BCUT2D eigenvalue weighted by atomic mass is 10.0. The summed E-state index contributed by atoms with van der Waals surface area (Å²) < 4.78 is 14.2. The Kier molecular flexibility index (Phi) is 3.02. The average Bonchev–Trinajstić information content (AvgIpc) is 2.48. The summed E-state index contributed by atoms with van der Waals surface area (Å²) in [6.07, 6.45) is 1.55. The summed E-state index contributed by atoms with van der Waals surface area (Å²) in [5, 5.41) is 3.60. The van der Waals surface area contributed by atoms with Crippen LogP contribution in [0.25, 0.3) is 22.2 Å². The standard InChI is InChI=1S/C14H13FN6/c1-18-13-9(8-3-2-4-10(16)11(8)15)5-7-6-19-14(17)21-12(7)20-13/h2-6H,16H2,1H3,(H3,17,18,19,20,21). The molecule has 2 heterocycles. The van der Waals surface area contributed by atoms with E-state index in [1.165, 1.54) is 6.07 Å². The van der Waals surface area contributed by atoms with Crippen LogP contribution in [-0.2, 0) is 0 Å². The van der Waals surface area contributed by atoms with Crippen LogP contribution in [0.3, 0.4) is 0 Å². The molecule has 0 aliphatic heterocycles. The van der Waals surface area contributed by atoms with E-state index >= 15 is 0 Å². The van der Waals surface area contributed by atoms with E-state index in [1.54, 1.807) is 31.4 Å². The highest BCUT2D eigenvalue weighted by molar-refractivity contribution is 5.88. The number of anilines is 3.